The summed E-state index contributed by atoms with van der Waals surface area (Å²) in [6, 6.07) is 3.41. The molecule has 0 aromatic rings. The third kappa shape index (κ3) is 1.94. The maximum Gasteiger partial charge on any atom is 0.205 e. The van der Waals surface area contributed by atoms with Gasteiger partial charge in [-0.2, -0.15) is 0 Å². The normalized spacial score (nSPS) is 47.9. The average Bonchev–Trinajstić information content (AvgIpc) is 3.10. The zero-order valence-electron chi connectivity index (χ0n) is 17.9. The number of hydrogen-bond donors (Lipinski definition) is 0. The maximum atomic E-state index is 7.30. The first kappa shape index (κ1) is 20.3. The first-order chi connectivity index (χ1) is 12.7. The lowest BCUT2D eigenvalue weighted by Gasteiger charge is -2.67. The molecular weight excluding hydrogens is 420 g/mol. The highest BCUT2D eigenvalue weighted by Crippen LogP contribution is 2.79. The maximum absolute atomic E-state index is 7.30. The molecule has 1 saturated heterocycles. The highest BCUT2D eigenvalue weighted by Gasteiger charge is 2.83. The quantitative estimate of drug-likeness (QED) is 0.362. The first-order valence-corrected chi connectivity index (χ1v) is 14.0. The predicted molar refractivity (Wildman–Crippen MR) is 115 cm³/mol. The smallest absolute Gasteiger partial charge is 0.205 e. The van der Waals surface area contributed by atoms with Crippen LogP contribution in [0.2, 0.25) is 18.1 Å². The molecule has 2 fully saturated rings. The lowest BCUT2D eigenvalue weighted by atomic mass is 9.42. The molecular formula is C22H35BrO3Si. The second-order valence-corrected chi connectivity index (χ2v) is 15.1. The minimum absolute atomic E-state index is 0.0595. The van der Waals surface area contributed by atoms with Crippen molar-refractivity contribution in [1.29, 1.82) is 0 Å². The summed E-state index contributed by atoms with van der Waals surface area (Å²) in [5, 5.41) is 0. The van der Waals surface area contributed by atoms with Gasteiger partial charge in [0.15, 0.2) is 8.32 Å². The van der Waals surface area contributed by atoms with Crippen molar-refractivity contribution >= 4 is 24.2 Å². The van der Waals surface area contributed by atoms with E-state index in [0.29, 0.717) is 12.5 Å². The SMILES string of the molecule is CC[Si](CC)(CC)O[C@H]1[C@]23C=C(Br)[C@]4(C)[C@]1(OC)OC[C@]4(C)C2=CC[C@@H]3C. The van der Waals surface area contributed by atoms with E-state index in [4.69, 9.17) is 13.9 Å². The third-order valence-electron chi connectivity index (χ3n) is 9.15. The summed E-state index contributed by atoms with van der Waals surface area (Å²) >= 11 is 3.98. The molecule has 4 aliphatic carbocycles. The molecule has 0 amide bonds. The fourth-order valence-corrected chi connectivity index (χ4v) is 10.8. The Labute approximate surface area is 174 Å². The Kier molecular flexibility index (Phi) is 4.55. The van der Waals surface area contributed by atoms with E-state index in [1.807, 2.05) is 7.11 Å². The molecule has 4 bridgehead atoms. The minimum atomic E-state index is -1.85. The van der Waals surface area contributed by atoms with Crippen molar-refractivity contribution < 1.29 is 13.9 Å². The van der Waals surface area contributed by atoms with Crippen molar-refractivity contribution in [3.63, 3.8) is 0 Å². The van der Waals surface area contributed by atoms with Gasteiger partial charge in [-0.05, 0) is 37.4 Å². The molecule has 1 spiro atoms. The fourth-order valence-electron chi connectivity index (χ4n) is 6.83. The zero-order chi connectivity index (χ0) is 19.9. The largest absolute Gasteiger partial charge is 0.407 e. The zero-order valence-corrected chi connectivity index (χ0v) is 20.5. The predicted octanol–water partition coefficient (Wildman–Crippen LogP) is 6.02. The van der Waals surface area contributed by atoms with E-state index in [1.54, 1.807) is 0 Å². The average molecular weight is 456 g/mol. The summed E-state index contributed by atoms with van der Waals surface area (Å²) in [6.07, 6.45) is 6.01. The molecule has 5 rings (SSSR count). The van der Waals surface area contributed by atoms with Crippen LogP contribution in [-0.4, -0.2) is 33.9 Å². The van der Waals surface area contributed by atoms with Gasteiger partial charge in [0, 0.05) is 22.4 Å². The minimum Gasteiger partial charge on any atom is -0.407 e. The van der Waals surface area contributed by atoms with Crippen LogP contribution in [0.5, 0.6) is 0 Å². The lowest BCUT2D eigenvalue weighted by molar-refractivity contribution is -0.310. The van der Waals surface area contributed by atoms with E-state index in [9.17, 15) is 0 Å². The molecule has 5 heteroatoms. The van der Waals surface area contributed by atoms with Crippen LogP contribution in [0.15, 0.2) is 22.2 Å². The van der Waals surface area contributed by atoms with Gasteiger partial charge < -0.3 is 13.9 Å². The van der Waals surface area contributed by atoms with Crippen LogP contribution in [0, 0.1) is 22.2 Å². The van der Waals surface area contributed by atoms with E-state index >= 15 is 0 Å². The Balaban J connectivity index is 1.99. The van der Waals surface area contributed by atoms with E-state index in [1.165, 1.54) is 10.1 Å². The number of methoxy groups -OCH3 is 1. The molecule has 152 valence electrons. The molecule has 0 N–H and O–H groups in total. The van der Waals surface area contributed by atoms with E-state index in [0.717, 1.165) is 24.6 Å². The van der Waals surface area contributed by atoms with Crippen LogP contribution < -0.4 is 0 Å². The van der Waals surface area contributed by atoms with Crippen molar-refractivity contribution in [1.82, 2.24) is 0 Å². The molecule has 3 nitrogen and oxygen atoms in total. The first-order valence-electron chi connectivity index (χ1n) is 10.6. The van der Waals surface area contributed by atoms with Gasteiger partial charge in [-0.15, -0.1) is 0 Å². The monoisotopic (exact) mass is 454 g/mol. The van der Waals surface area contributed by atoms with Gasteiger partial charge in [-0.3, -0.25) is 0 Å². The second kappa shape index (κ2) is 6.04. The Bertz CT molecular complexity index is 708. The van der Waals surface area contributed by atoms with Crippen LogP contribution in [0.4, 0.5) is 0 Å². The van der Waals surface area contributed by atoms with Crippen molar-refractivity contribution in [2.24, 2.45) is 22.2 Å². The second-order valence-electron chi connectivity index (χ2n) is 9.54. The molecule has 0 unspecified atom stereocenters. The molecule has 1 aliphatic heterocycles. The van der Waals surface area contributed by atoms with E-state index in [2.05, 4.69) is 69.6 Å². The van der Waals surface area contributed by atoms with Gasteiger partial charge in [-0.25, -0.2) is 0 Å². The lowest BCUT2D eigenvalue weighted by Crippen LogP contribution is -2.73. The summed E-state index contributed by atoms with van der Waals surface area (Å²) in [5.74, 6) is -0.244. The fraction of sp³-hybridized carbons (Fsp3) is 0.818. The molecule has 5 aliphatic rings. The van der Waals surface area contributed by atoms with Gasteiger partial charge in [0.05, 0.1) is 12.0 Å². The van der Waals surface area contributed by atoms with Gasteiger partial charge in [0.1, 0.15) is 6.10 Å². The van der Waals surface area contributed by atoms with Gasteiger partial charge in [-0.1, -0.05) is 68.3 Å². The van der Waals surface area contributed by atoms with Gasteiger partial charge in [0.25, 0.3) is 0 Å². The van der Waals surface area contributed by atoms with Crippen molar-refractivity contribution in [2.45, 2.75) is 78.0 Å². The summed E-state index contributed by atoms with van der Waals surface area (Å²) in [4.78, 5) is 0. The molecule has 1 heterocycles. The van der Waals surface area contributed by atoms with Crippen molar-refractivity contribution in [3.05, 3.63) is 22.2 Å². The highest BCUT2D eigenvalue weighted by molar-refractivity contribution is 9.11. The standard InChI is InChI=1S/C22H35BrO3Si/c1-8-27(9-2,10-3)26-18-21-13-17(23)20(6)19(5,14-25-22(18,20)24-7)16(21)12-11-15(21)4/h12-13,15,18H,8-11,14H2,1-7H3/t15-,18-,19+,20-,21-,22+/m0/s1. The van der Waals surface area contributed by atoms with Crippen LogP contribution in [0.1, 0.15) is 48.0 Å². The summed E-state index contributed by atoms with van der Waals surface area (Å²) in [7, 11) is -0.0304. The number of ether oxygens (including phenoxy) is 2. The summed E-state index contributed by atoms with van der Waals surface area (Å²) in [5.41, 5.74) is 1.08. The topological polar surface area (TPSA) is 27.7 Å². The van der Waals surface area contributed by atoms with E-state index in [-0.39, 0.29) is 22.3 Å². The van der Waals surface area contributed by atoms with Gasteiger partial charge >= 0.3 is 0 Å². The van der Waals surface area contributed by atoms with Crippen LogP contribution in [0.25, 0.3) is 0 Å². The molecule has 1 saturated carbocycles. The third-order valence-corrected chi connectivity index (χ3v) is 14.8. The van der Waals surface area contributed by atoms with Crippen molar-refractivity contribution in [2.75, 3.05) is 13.7 Å². The van der Waals surface area contributed by atoms with Crippen LogP contribution in [0.3, 0.4) is 0 Å². The van der Waals surface area contributed by atoms with Crippen LogP contribution in [-0.2, 0) is 13.9 Å². The van der Waals surface area contributed by atoms with Crippen molar-refractivity contribution in [3.8, 4) is 0 Å². The van der Waals surface area contributed by atoms with E-state index < -0.39 is 14.1 Å². The molecule has 0 radical (unpaired) electrons. The molecule has 6 atom stereocenters. The summed E-state index contributed by atoms with van der Waals surface area (Å²) in [6.45, 7) is 14.7. The van der Waals surface area contributed by atoms with Crippen LogP contribution >= 0.6 is 15.9 Å². The Morgan fingerprint density at radius 3 is 2.41 bits per heavy atom. The van der Waals surface area contributed by atoms with Gasteiger partial charge in [0.2, 0.25) is 5.79 Å². The Morgan fingerprint density at radius 2 is 1.85 bits per heavy atom. The highest BCUT2D eigenvalue weighted by atomic mass is 79.9. The molecule has 0 aromatic carbocycles. The molecule has 0 aromatic heterocycles. The Hall–Kier alpha value is 0.0569. The number of halogens is 1. The number of hydrogen-bond acceptors (Lipinski definition) is 3. The molecule has 27 heavy (non-hydrogen) atoms. The number of allylic oxidation sites excluding steroid dienone is 1. The number of rotatable bonds is 6. The Morgan fingerprint density at radius 1 is 1.22 bits per heavy atom. The summed E-state index contributed by atoms with van der Waals surface area (Å²) < 4.78 is 21.6.